The molecule has 11 heavy (non-hydrogen) atoms. The van der Waals surface area contributed by atoms with Crippen LogP contribution in [0.1, 0.15) is 6.93 Å². The van der Waals surface area contributed by atoms with Crippen LogP contribution in [0.4, 0.5) is 5.69 Å². The van der Waals surface area contributed by atoms with Crippen LogP contribution in [-0.4, -0.2) is 4.92 Å². The molecule has 0 aliphatic heterocycles. The van der Waals surface area contributed by atoms with Crippen LogP contribution in [0.5, 0.6) is 0 Å². The first-order valence-electron chi connectivity index (χ1n) is 3.41. The second-order valence-corrected chi connectivity index (χ2v) is 1.93. The zero-order chi connectivity index (χ0) is 8.97. The Morgan fingerprint density at radius 1 is 1.55 bits per heavy atom. The average Bonchev–Trinajstić information content (AvgIpc) is 2.06. The van der Waals surface area contributed by atoms with Crippen molar-refractivity contribution in [1.82, 2.24) is 0 Å². The molecule has 1 rings (SSSR count). The summed E-state index contributed by atoms with van der Waals surface area (Å²) >= 11 is 0. The summed E-state index contributed by atoms with van der Waals surface area (Å²) in [4.78, 5) is 9.73. The van der Waals surface area contributed by atoms with Gasteiger partial charge in [-0.1, -0.05) is 5.92 Å². The minimum atomic E-state index is -0.474. The summed E-state index contributed by atoms with van der Waals surface area (Å²) in [5.74, 6) is 2.47. The molecule has 1 aromatic rings. The Balaban J connectivity index is 2.98. The first-order chi connectivity index (χ1) is 5.74. The lowest BCUT2D eigenvalue weighted by Crippen LogP contribution is -1.86. The van der Waals surface area contributed by atoms with E-state index in [1.165, 1.54) is 24.3 Å². The fourth-order valence-corrected chi connectivity index (χ4v) is 0.666. The molecule has 0 fully saturated rings. The first kappa shape index (κ1) is 5.93. The number of hydrogen-bond donors (Lipinski definition) is 0. The first-order valence-corrected chi connectivity index (χ1v) is 2.91. The third-order valence-corrected chi connectivity index (χ3v) is 1.22. The highest BCUT2D eigenvalue weighted by Gasteiger charge is 2.01. The van der Waals surface area contributed by atoms with Crippen molar-refractivity contribution >= 4 is 5.69 Å². The Morgan fingerprint density at radius 2 is 2.18 bits per heavy atom. The fraction of sp³-hybridized carbons (Fsp3) is 0. The molecule has 0 radical (unpaired) electrons. The van der Waals surface area contributed by atoms with Crippen molar-refractivity contribution in [2.24, 2.45) is 0 Å². The van der Waals surface area contributed by atoms with Crippen molar-refractivity contribution in [3.05, 3.63) is 39.9 Å². The van der Waals surface area contributed by atoms with Gasteiger partial charge in [0.05, 0.1) is 4.92 Å². The summed E-state index contributed by atoms with van der Waals surface area (Å²) in [5, 5.41) is 10.2. The lowest BCUT2D eigenvalue weighted by molar-refractivity contribution is -0.384. The van der Waals surface area contributed by atoms with Crippen LogP contribution in [-0.2, 0) is 0 Å². The van der Waals surface area contributed by atoms with E-state index in [2.05, 4.69) is 5.92 Å². The number of terminal acetylenes is 1. The minimum absolute atomic E-state index is 0.0329. The average molecular weight is 148 g/mol. The van der Waals surface area contributed by atoms with Crippen molar-refractivity contribution in [3.8, 4) is 12.3 Å². The second kappa shape index (κ2) is 2.84. The molecule has 0 aromatic heterocycles. The highest BCUT2D eigenvalue weighted by molar-refractivity contribution is 5.39. The van der Waals surface area contributed by atoms with Crippen molar-refractivity contribution in [3.63, 3.8) is 0 Å². The van der Waals surface area contributed by atoms with Gasteiger partial charge in [-0.3, -0.25) is 10.1 Å². The molecule has 54 valence electrons. The zero-order valence-corrected chi connectivity index (χ0v) is 5.57. The van der Waals surface area contributed by atoms with E-state index in [1.54, 1.807) is 0 Å². The van der Waals surface area contributed by atoms with Gasteiger partial charge in [0, 0.05) is 17.7 Å². The summed E-state index contributed by atoms with van der Waals surface area (Å²) in [6.07, 6.45) is 1.96. The summed E-state index contributed by atoms with van der Waals surface area (Å²) in [6, 6.07) is 5.75. The number of nitrogens with zero attached hydrogens (tertiary/aromatic N) is 1. The van der Waals surface area contributed by atoms with E-state index < -0.39 is 4.92 Å². The number of benzene rings is 1. The Bertz CT molecular complexity index is 348. The van der Waals surface area contributed by atoms with Gasteiger partial charge >= 0.3 is 0 Å². The summed E-state index contributed by atoms with van der Waals surface area (Å²) < 4.78 is 6.58. The SMILES string of the molecule is [2H]C#Cc1ccc([N+](=O)[O-])cc1. The maximum Gasteiger partial charge on any atom is 0.269 e. The van der Waals surface area contributed by atoms with E-state index in [-0.39, 0.29) is 5.69 Å². The van der Waals surface area contributed by atoms with Crippen molar-refractivity contribution in [1.29, 1.82) is 0 Å². The predicted molar refractivity (Wildman–Crippen MR) is 41.0 cm³/mol. The van der Waals surface area contributed by atoms with Gasteiger partial charge in [-0.15, -0.1) is 6.40 Å². The number of rotatable bonds is 1. The van der Waals surface area contributed by atoms with Crippen molar-refractivity contribution in [2.75, 3.05) is 0 Å². The molecule has 0 atom stereocenters. The van der Waals surface area contributed by atoms with E-state index >= 15 is 0 Å². The molecule has 0 heterocycles. The van der Waals surface area contributed by atoms with Gasteiger partial charge in [0.25, 0.3) is 5.69 Å². The van der Waals surface area contributed by atoms with Crippen LogP contribution in [0, 0.1) is 22.4 Å². The maximum atomic E-state index is 10.2. The van der Waals surface area contributed by atoms with E-state index in [0.29, 0.717) is 5.56 Å². The smallest absolute Gasteiger partial charge is 0.258 e. The van der Waals surface area contributed by atoms with Crippen LogP contribution in [0.2, 0.25) is 0 Å². The molecule has 0 spiro atoms. The second-order valence-electron chi connectivity index (χ2n) is 1.93. The zero-order valence-electron chi connectivity index (χ0n) is 6.57. The molecule has 0 aliphatic carbocycles. The highest BCUT2D eigenvalue weighted by Crippen LogP contribution is 2.10. The van der Waals surface area contributed by atoms with Gasteiger partial charge in [-0.25, -0.2) is 0 Å². The number of nitro groups is 1. The molecule has 1 aromatic carbocycles. The van der Waals surface area contributed by atoms with Gasteiger partial charge < -0.3 is 0 Å². The van der Waals surface area contributed by atoms with Crippen LogP contribution < -0.4 is 0 Å². The molecule has 0 amide bonds. The molecule has 0 saturated heterocycles. The normalized spacial score (nSPS) is 9.27. The Hall–Kier alpha value is -1.82. The Labute approximate surface area is 65.2 Å². The molecule has 0 saturated carbocycles. The van der Waals surface area contributed by atoms with E-state index in [4.69, 9.17) is 1.37 Å². The molecule has 3 heteroatoms. The van der Waals surface area contributed by atoms with Gasteiger partial charge in [0.2, 0.25) is 0 Å². The van der Waals surface area contributed by atoms with Crippen molar-refractivity contribution in [2.45, 2.75) is 0 Å². The molecule has 3 nitrogen and oxygen atoms in total. The summed E-state index contributed by atoms with van der Waals surface area (Å²) in [7, 11) is 0. The molecular weight excluding hydrogens is 142 g/mol. The van der Waals surface area contributed by atoms with Gasteiger partial charge in [-0.2, -0.15) is 0 Å². The lowest BCUT2D eigenvalue weighted by atomic mass is 10.2. The number of non-ortho nitro benzene ring substituents is 1. The van der Waals surface area contributed by atoms with E-state index in [1.807, 2.05) is 6.40 Å². The molecule has 0 aliphatic rings. The summed E-state index contributed by atoms with van der Waals surface area (Å²) in [6.45, 7) is 0. The summed E-state index contributed by atoms with van der Waals surface area (Å²) in [5.41, 5.74) is 0.640. The Kier molecular flexibility index (Phi) is 1.53. The number of nitro benzene ring substituents is 1. The van der Waals surface area contributed by atoms with Crippen LogP contribution >= 0.6 is 0 Å². The molecule has 0 unspecified atom stereocenters. The minimum Gasteiger partial charge on any atom is -0.258 e. The van der Waals surface area contributed by atoms with Crippen molar-refractivity contribution < 1.29 is 6.29 Å². The third-order valence-electron chi connectivity index (χ3n) is 1.22. The van der Waals surface area contributed by atoms with Crippen LogP contribution in [0.3, 0.4) is 0 Å². The van der Waals surface area contributed by atoms with Crippen LogP contribution in [0.25, 0.3) is 0 Å². The fourth-order valence-electron chi connectivity index (χ4n) is 0.666. The quantitative estimate of drug-likeness (QED) is 0.344. The maximum absolute atomic E-state index is 10.2. The largest absolute Gasteiger partial charge is 0.269 e. The molecular formula is C8H5NO2. The topological polar surface area (TPSA) is 43.1 Å². The van der Waals surface area contributed by atoms with Gasteiger partial charge in [-0.05, 0) is 12.1 Å². The molecule has 0 bridgehead atoms. The van der Waals surface area contributed by atoms with Gasteiger partial charge in [0.15, 0.2) is 0 Å². The monoisotopic (exact) mass is 148 g/mol. The number of hydrogen-bond acceptors (Lipinski definition) is 2. The van der Waals surface area contributed by atoms with Gasteiger partial charge in [0.1, 0.15) is 1.37 Å². The van der Waals surface area contributed by atoms with E-state index in [9.17, 15) is 10.1 Å². The lowest BCUT2D eigenvalue weighted by Gasteiger charge is -1.89. The third kappa shape index (κ3) is 1.55. The standard InChI is InChI=1S/C8H5NO2/c1-2-7-3-5-8(6-4-7)9(10)11/h1,3-6H/i1D. The highest BCUT2D eigenvalue weighted by atomic mass is 16.6. The molecule has 0 N–H and O–H groups in total. The van der Waals surface area contributed by atoms with Crippen LogP contribution in [0.15, 0.2) is 24.3 Å². The Morgan fingerprint density at radius 3 is 2.64 bits per heavy atom. The van der Waals surface area contributed by atoms with E-state index in [0.717, 1.165) is 0 Å². The predicted octanol–water partition coefficient (Wildman–Crippen LogP) is 1.58.